The maximum atomic E-state index is 5.72. The maximum absolute atomic E-state index is 5.72. The Kier molecular flexibility index (Phi) is 6.75. The van der Waals surface area contributed by atoms with Crippen LogP contribution < -0.4 is 5.73 Å². The quantitative estimate of drug-likeness (QED) is 0.730. The minimum Gasteiger partial charge on any atom is -0.330 e. The number of hydrogen-bond acceptors (Lipinski definition) is 1. The molecule has 0 spiro atoms. The van der Waals surface area contributed by atoms with Crippen molar-refractivity contribution in [2.75, 3.05) is 6.54 Å². The lowest BCUT2D eigenvalue weighted by atomic mass is 9.80. The zero-order chi connectivity index (χ0) is 15.2. The van der Waals surface area contributed by atoms with Gasteiger partial charge in [-0.2, -0.15) is 0 Å². The summed E-state index contributed by atoms with van der Waals surface area (Å²) in [5.74, 6) is 0.681. The molecule has 0 aliphatic heterocycles. The molecule has 1 nitrogen and oxygen atoms in total. The van der Waals surface area contributed by atoms with Crippen LogP contribution in [0, 0.1) is 0 Å². The molecular formula is C19H33N. The smallest absolute Gasteiger partial charge is 0.00771 e. The van der Waals surface area contributed by atoms with E-state index < -0.39 is 0 Å². The maximum Gasteiger partial charge on any atom is -0.00771 e. The first-order valence-electron chi connectivity index (χ1n) is 8.27. The van der Waals surface area contributed by atoms with Crippen LogP contribution in [0.3, 0.4) is 0 Å². The van der Waals surface area contributed by atoms with Crippen LogP contribution in [-0.4, -0.2) is 6.54 Å². The van der Waals surface area contributed by atoms with Crippen molar-refractivity contribution in [3.05, 3.63) is 34.9 Å². The highest BCUT2D eigenvalue weighted by Crippen LogP contribution is 2.33. The van der Waals surface area contributed by atoms with E-state index in [1.807, 2.05) is 0 Å². The molecule has 1 unspecified atom stereocenters. The van der Waals surface area contributed by atoms with Crippen LogP contribution in [0.2, 0.25) is 0 Å². The molecule has 2 N–H and O–H groups in total. The molecule has 0 saturated carbocycles. The highest BCUT2D eigenvalue weighted by atomic mass is 14.5. The lowest BCUT2D eigenvalue weighted by Crippen LogP contribution is -2.14. The summed E-state index contributed by atoms with van der Waals surface area (Å²) in [7, 11) is 0. The van der Waals surface area contributed by atoms with Gasteiger partial charge in [0, 0.05) is 0 Å². The average molecular weight is 275 g/mol. The Morgan fingerprint density at radius 1 is 1.10 bits per heavy atom. The Labute approximate surface area is 126 Å². The van der Waals surface area contributed by atoms with Gasteiger partial charge in [-0.05, 0) is 60.3 Å². The molecular weight excluding hydrogens is 242 g/mol. The van der Waals surface area contributed by atoms with E-state index >= 15 is 0 Å². The first-order valence-corrected chi connectivity index (χ1v) is 8.27. The second kappa shape index (κ2) is 7.83. The highest BCUT2D eigenvalue weighted by molar-refractivity contribution is 5.37. The largest absolute Gasteiger partial charge is 0.330 e. The van der Waals surface area contributed by atoms with E-state index in [0.717, 1.165) is 19.4 Å². The molecule has 1 heteroatoms. The van der Waals surface area contributed by atoms with Gasteiger partial charge in [-0.1, -0.05) is 59.2 Å². The molecule has 114 valence electrons. The molecule has 1 rings (SSSR count). The fraction of sp³-hybridized carbons (Fsp3) is 0.684. The van der Waals surface area contributed by atoms with Crippen LogP contribution in [0.25, 0.3) is 0 Å². The third kappa shape index (κ3) is 4.63. The minimum atomic E-state index is 0.228. The van der Waals surface area contributed by atoms with Gasteiger partial charge in [0.1, 0.15) is 0 Å². The SMILES string of the molecule is CCCC(CCCN)c1cc(C(C)(C)C)ccc1CC. The van der Waals surface area contributed by atoms with Crippen molar-refractivity contribution in [3.63, 3.8) is 0 Å². The molecule has 0 amide bonds. The molecule has 1 aromatic rings. The number of rotatable bonds is 7. The van der Waals surface area contributed by atoms with Crippen LogP contribution in [0.5, 0.6) is 0 Å². The standard InChI is InChI=1S/C19H33N/c1-6-9-16(10-8-13-20)18-14-17(19(3,4)5)12-11-15(18)7-2/h11-12,14,16H,6-10,13,20H2,1-5H3. The Bertz CT molecular complexity index is 401. The molecule has 0 bridgehead atoms. The molecule has 0 fully saturated rings. The lowest BCUT2D eigenvalue weighted by Gasteiger charge is -2.25. The van der Waals surface area contributed by atoms with Gasteiger partial charge < -0.3 is 5.73 Å². The Balaban J connectivity index is 3.15. The predicted octanol–water partition coefficient (Wildman–Crippen LogP) is 5.17. The van der Waals surface area contributed by atoms with Crippen molar-refractivity contribution in [1.29, 1.82) is 0 Å². The van der Waals surface area contributed by atoms with E-state index in [-0.39, 0.29) is 5.41 Å². The van der Waals surface area contributed by atoms with Crippen LogP contribution in [0.1, 0.15) is 82.9 Å². The summed E-state index contributed by atoms with van der Waals surface area (Å²) in [4.78, 5) is 0. The van der Waals surface area contributed by atoms with Crippen molar-refractivity contribution in [3.8, 4) is 0 Å². The molecule has 0 aliphatic rings. The lowest BCUT2D eigenvalue weighted by molar-refractivity contribution is 0.540. The number of nitrogens with two attached hydrogens (primary N) is 1. The van der Waals surface area contributed by atoms with E-state index in [1.54, 1.807) is 5.56 Å². The first-order chi connectivity index (χ1) is 9.43. The number of benzene rings is 1. The summed E-state index contributed by atoms with van der Waals surface area (Å²) in [5.41, 5.74) is 10.5. The average Bonchev–Trinajstić information content (AvgIpc) is 2.41. The van der Waals surface area contributed by atoms with Crippen molar-refractivity contribution in [1.82, 2.24) is 0 Å². The van der Waals surface area contributed by atoms with E-state index in [2.05, 4.69) is 52.8 Å². The fourth-order valence-electron chi connectivity index (χ4n) is 2.93. The van der Waals surface area contributed by atoms with Gasteiger partial charge >= 0.3 is 0 Å². The summed E-state index contributed by atoms with van der Waals surface area (Å²) in [5, 5.41) is 0. The van der Waals surface area contributed by atoms with Gasteiger partial charge in [0.05, 0.1) is 0 Å². The van der Waals surface area contributed by atoms with E-state index in [1.165, 1.54) is 30.4 Å². The Morgan fingerprint density at radius 2 is 1.80 bits per heavy atom. The second-order valence-corrected chi connectivity index (χ2v) is 6.93. The van der Waals surface area contributed by atoms with Crippen molar-refractivity contribution < 1.29 is 0 Å². The topological polar surface area (TPSA) is 26.0 Å². The molecule has 1 atom stereocenters. The zero-order valence-corrected chi connectivity index (χ0v) is 14.1. The first kappa shape index (κ1) is 17.2. The van der Waals surface area contributed by atoms with Crippen molar-refractivity contribution >= 4 is 0 Å². The second-order valence-electron chi connectivity index (χ2n) is 6.93. The van der Waals surface area contributed by atoms with Gasteiger partial charge in [0.2, 0.25) is 0 Å². The van der Waals surface area contributed by atoms with E-state index in [9.17, 15) is 0 Å². The Hall–Kier alpha value is -0.820. The summed E-state index contributed by atoms with van der Waals surface area (Å²) >= 11 is 0. The fourth-order valence-corrected chi connectivity index (χ4v) is 2.93. The van der Waals surface area contributed by atoms with E-state index in [0.29, 0.717) is 5.92 Å². The third-order valence-corrected chi connectivity index (χ3v) is 4.23. The monoisotopic (exact) mass is 275 g/mol. The molecule has 0 aromatic heterocycles. The van der Waals surface area contributed by atoms with Gasteiger partial charge in [0.15, 0.2) is 0 Å². The van der Waals surface area contributed by atoms with Gasteiger partial charge in [-0.3, -0.25) is 0 Å². The molecule has 20 heavy (non-hydrogen) atoms. The normalized spacial score (nSPS) is 13.5. The highest BCUT2D eigenvalue weighted by Gasteiger charge is 2.19. The number of aryl methyl sites for hydroxylation is 1. The summed E-state index contributed by atoms with van der Waals surface area (Å²) in [6, 6.07) is 7.13. The number of hydrogen-bond donors (Lipinski definition) is 1. The van der Waals surface area contributed by atoms with Crippen LogP contribution >= 0.6 is 0 Å². The summed E-state index contributed by atoms with van der Waals surface area (Å²) in [6.45, 7) is 12.3. The van der Waals surface area contributed by atoms with Crippen LogP contribution in [0.4, 0.5) is 0 Å². The molecule has 0 saturated heterocycles. The third-order valence-electron chi connectivity index (χ3n) is 4.23. The van der Waals surface area contributed by atoms with Crippen LogP contribution in [0.15, 0.2) is 18.2 Å². The summed E-state index contributed by atoms with van der Waals surface area (Å²) < 4.78 is 0. The van der Waals surface area contributed by atoms with Crippen LogP contribution in [-0.2, 0) is 11.8 Å². The molecule has 0 heterocycles. The summed E-state index contributed by atoms with van der Waals surface area (Å²) in [6.07, 6.45) is 6.01. The minimum absolute atomic E-state index is 0.228. The zero-order valence-electron chi connectivity index (χ0n) is 14.1. The van der Waals surface area contributed by atoms with Gasteiger partial charge in [-0.15, -0.1) is 0 Å². The van der Waals surface area contributed by atoms with Gasteiger partial charge in [0.25, 0.3) is 0 Å². The van der Waals surface area contributed by atoms with Crippen molar-refractivity contribution in [2.24, 2.45) is 5.73 Å². The molecule has 0 aliphatic carbocycles. The Morgan fingerprint density at radius 3 is 2.30 bits per heavy atom. The van der Waals surface area contributed by atoms with Gasteiger partial charge in [-0.25, -0.2) is 0 Å². The molecule has 1 aromatic carbocycles. The predicted molar refractivity (Wildman–Crippen MR) is 90.5 cm³/mol. The van der Waals surface area contributed by atoms with Crippen molar-refractivity contribution in [2.45, 2.75) is 78.1 Å². The molecule has 0 radical (unpaired) electrons. The van der Waals surface area contributed by atoms with E-state index in [4.69, 9.17) is 5.73 Å².